The lowest BCUT2D eigenvalue weighted by Crippen LogP contribution is -2.25. The van der Waals surface area contributed by atoms with Crippen molar-refractivity contribution in [2.45, 2.75) is 24.1 Å². The summed E-state index contributed by atoms with van der Waals surface area (Å²) in [5, 5.41) is 10.1. The van der Waals surface area contributed by atoms with Crippen LogP contribution in [0, 0.1) is 0 Å². The lowest BCUT2D eigenvalue weighted by Gasteiger charge is -2.24. The first-order chi connectivity index (χ1) is 17.9. The number of carbonyl (C=O) groups is 2. The molecule has 37 heavy (non-hydrogen) atoms. The molecule has 3 aromatic carbocycles. The van der Waals surface area contributed by atoms with Crippen molar-refractivity contribution >= 4 is 57.4 Å². The number of amidine groups is 1. The number of halogens is 1. The van der Waals surface area contributed by atoms with Crippen LogP contribution in [0.15, 0.2) is 89.0 Å². The van der Waals surface area contributed by atoms with Gasteiger partial charge in [-0.3, -0.25) is 9.59 Å². The molecular weight excluding hydrogens is 506 g/mol. The highest BCUT2D eigenvalue weighted by Gasteiger charge is 2.39. The number of nitrogens with one attached hydrogen (secondary N) is 1. The summed E-state index contributed by atoms with van der Waals surface area (Å²) in [5.74, 6) is -0.577. The lowest BCUT2D eigenvalue weighted by molar-refractivity contribution is -0.121. The second kappa shape index (κ2) is 10.8. The fraction of sp³-hybridized carbons (Fsp3) is 0.214. The quantitative estimate of drug-likeness (QED) is 0.449. The molecule has 0 saturated heterocycles. The normalized spacial score (nSPS) is 19.0. The topological polar surface area (TPSA) is 77.4 Å². The summed E-state index contributed by atoms with van der Waals surface area (Å²) in [7, 11) is 4.01. The van der Waals surface area contributed by atoms with Crippen molar-refractivity contribution in [3.8, 4) is 0 Å². The van der Waals surface area contributed by atoms with Crippen LogP contribution >= 0.6 is 23.4 Å². The average molecular weight is 532 g/mol. The van der Waals surface area contributed by atoms with Crippen molar-refractivity contribution in [2.24, 2.45) is 10.1 Å². The third kappa shape index (κ3) is 5.70. The molecule has 0 aliphatic carbocycles. The van der Waals surface area contributed by atoms with Gasteiger partial charge in [0.25, 0.3) is 5.91 Å². The van der Waals surface area contributed by atoms with E-state index in [1.165, 1.54) is 11.8 Å². The highest BCUT2D eigenvalue weighted by Crippen LogP contribution is 2.39. The average Bonchev–Trinajstić information content (AvgIpc) is 3.50. The molecule has 0 bridgehead atoms. The smallest absolute Gasteiger partial charge is 0.262 e. The number of aliphatic imine (C=N–C) groups is 1. The number of benzene rings is 3. The van der Waals surface area contributed by atoms with Gasteiger partial charge in [-0.2, -0.15) is 10.1 Å². The molecule has 3 aromatic rings. The summed E-state index contributed by atoms with van der Waals surface area (Å²) in [5.41, 5.74) is 4.78. The number of hydrazone groups is 1. The van der Waals surface area contributed by atoms with Crippen LogP contribution < -0.4 is 10.2 Å². The van der Waals surface area contributed by atoms with Gasteiger partial charge >= 0.3 is 0 Å². The van der Waals surface area contributed by atoms with Gasteiger partial charge in [-0.25, -0.2) is 5.01 Å². The standard InChI is InChI=1S/C28H26ClN5O2S/c1-33(2)22-14-8-19(9-15-22)24-16-23(18-6-4-3-5-7-18)32-34(24)28-31-27(36)25(37-28)17-26(35)30-21-12-10-20(29)11-13-21/h3-15,24-25H,16-17H2,1-2H3,(H,30,35). The second-order valence-corrected chi connectivity index (χ2v) is 10.7. The van der Waals surface area contributed by atoms with E-state index >= 15 is 0 Å². The Bertz CT molecular complexity index is 1360. The van der Waals surface area contributed by atoms with Crippen LogP contribution in [0.2, 0.25) is 5.02 Å². The van der Waals surface area contributed by atoms with Crippen molar-refractivity contribution in [2.75, 3.05) is 24.3 Å². The Kier molecular flexibility index (Phi) is 7.30. The summed E-state index contributed by atoms with van der Waals surface area (Å²) in [6.07, 6.45) is 0.700. The minimum atomic E-state index is -0.602. The van der Waals surface area contributed by atoms with Gasteiger partial charge in [-0.15, -0.1) is 0 Å². The van der Waals surface area contributed by atoms with E-state index < -0.39 is 5.25 Å². The summed E-state index contributed by atoms with van der Waals surface area (Å²) in [6, 6.07) is 25.1. The number of anilines is 2. The number of hydrogen-bond donors (Lipinski definition) is 1. The lowest BCUT2D eigenvalue weighted by atomic mass is 9.98. The van der Waals surface area contributed by atoms with Crippen LogP contribution in [0.5, 0.6) is 0 Å². The zero-order valence-corrected chi connectivity index (χ0v) is 22.0. The molecule has 9 heteroatoms. The van der Waals surface area contributed by atoms with E-state index in [4.69, 9.17) is 16.7 Å². The van der Waals surface area contributed by atoms with Crippen molar-refractivity contribution in [3.63, 3.8) is 0 Å². The van der Waals surface area contributed by atoms with Crippen LogP contribution in [0.3, 0.4) is 0 Å². The largest absolute Gasteiger partial charge is 0.378 e. The Balaban J connectivity index is 1.35. The Morgan fingerprint density at radius 2 is 1.76 bits per heavy atom. The number of nitrogens with zero attached hydrogens (tertiary/aromatic N) is 4. The molecule has 188 valence electrons. The molecule has 2 amide bonds. The van der Waals surface area contributed by atoms with Crippen molar-refractivity contribution in [3.05, 3.63) is 95.0 Å². The van der Waals surface area contributed by atoms with Crippen LogP contribution in [-0.2, 0) is 9.59 Å². The van der Waals surface area contributed by atoms with Gasteiger partial charge in [0, 0.05) is 43.3 Å². The van der Waals surface area contributed by atoms with E-state index in [9.17, 15) is 9.59 Å². The third-order valence-corrected chi connectivity index (χ3v) is 7.63. The third-order valence-electron chi connectivity index (χ3n) is 6.24. The summed E-state index contributed by atoms with van der Waals surface area (Å²) in [6.45, 7) is 0. The predicted molar refractivity (Wildman–Crippen MR) is 151 cm³/mol. The number of thioether (sulfide) groups is 1. The Hall–Kier alpha value is -3.62. The first-order valence-corrected chi connectivity index (χ1v) is 13.2. The van der Waals surface area contributed by atoms with Gasteiger partial charge in [0.05, 0.1) is 11.8 Å². The summed E-state index contributed by atoms with van der Waals surface area (Å²) < 4.78 is 0. The zero-order chi connectivity index (χ0) is 25.9. The predicted octanol–water partition coefficient (Wildman–Crippen LogP) is 5.58. The minimum absolute atomic E-state index is 0.0183. The van der Waals surface area contributed by atoms with E-state index in [0.29, 0.717) is 22.3 Å². The second-order valence-electron chi connectivity index (χ2n) is 9.06. The fourth-order valence-electron chi connectivity index (χ4n) is 4.26. The molecule has 0 radical (unpaired) electrons. The van der Waals surface area contributed by atoms with Crippen molar-refractivity contribution < 1.29 is 9.59 Å². The first-order valence-electron chi connectivity index (χ1n) is 11.9. The monoisotopic (exact) mass is 531 g/mol. The number of carbonyl (C=O) groups excluding carboxylic acids is 2. The molecule has 2 unspecified atom stereocenters. The molecule has 5 rings (SSSR count). The van der Waals surface area contributed by atoms with Crippen molar-refractivity contribution in [1.29, 1.82) is 0 Å². The molecule has 2 aliphatic heterocycles. The van der Waals surface area contributed by atoms with Crippen LogP contribution in [0.4, 0.5) is 11.4 Å². The Morgan fingerprint density at radius 3 is 2.43 bits per heavy atom. The highest BCUT2D eigenvalue weighted by atomic mass is 35.5. The number of rotatable bonds is 6. The van der Waals surface area contributed by atoms with Crippen molar-refractivity contribution in [1.82, 2.24) is 5.01 Å². The molecule has 0 spiro atoms. The maximum absolute atomic E-state index is 12.8. The maximum atomic E-state index is 12.8. The van der Waals surface area contributed by atoms with Crippen LogP contribution in [0.25, 0.3) is 0 Å². The Labute approximate surface area is 225 Å². The SMILES string of the molecule is CN(C)c1ccc(C2CC(c3ccccc3)=NN2C2=NC(=O)C(CC(=O)Nc3ccc(Cl)cc3)S2)cc1. The molecule has 0 fully saturated rings. The van der Waals surface area contributed by atoms with E-state index in [2.05, 4.69) is 39.5 Å². The molecule has 2 aliphatic rings. The molecule has 1 N–H and O–H groups in total. The van der Waals surface area contributed by atoms with Gasteiger partial charge in [0.15, 0.2) is 5.17 Å². The molecular formula is C28H26ClN5O2S. The van der Waals surface area contributed by atoms with Gasteiger partial charge in [-0.1, -0.05) is 65.8 Å². The maximum Gasteiger partial charge on any atom is 0.262 e. The van der Waals surface area contributed by atoms with Gasteiger partial charge < -0.3 is 10.2 Å². The van der Waals surface area contributed by atoms with Gasteiger partial charge in [0.2, 0.25) is 5.91 Å². The number of amides is 2. The molecule has 0 saturated carbocycles. The molecule has 7 nitrogen and oxygen atoms in total. The number of hydrogen-bond acceptors (Lipinski definition) is 6. The van der Waals surface area contributed by atoms with Crippen LogP contribution in [0.1, 0.15) is 30.0 Å². The van der Waals surface area contributed by atoms with E-state index in [-0.39, 0.29) is 24.3 Å². The van der Waals surface area contributed by atoms with Gasteiger partial charge in [-0.05, 0) is 47.5 Å². The van der Waals surface area contributed by atoms with Crippen LogP contribution in [-0.4, -0.2) is 47.0 Å². The molecule has 2 heterocycles. The van der Waals surface area contributed by atoms with E-state index in [1.807, 2.05) is 49.4 Å². The van der Waals surface area contributed by atoms with Gasteiger partial charge in [0.1, 0.15) is 5.25 Å². The summed E-state index contributed by atoms with van der Waals surface area (Å²) in [4.78, 5) is 31.8. The van der Waals surface area contributed by atoms with E-state index in [1.54, 1.807) is 24.3 Å². The minimum Gasteiger partial charge on any atom is -0.378 e. The zero-order valence-electron chi connectivity index (χ0n) is 20.5. The summed E-state index contributed by atoms with van der Waals surface area (Å²) >= 11 is 7.21. The highest BCUT2D eigenvalue weighted by molar-refractivity contribution is 8.15. The molecule has 2 atom stereocenters. The fourth-order valence-corrected chi connectivity index (χ4v) is 5.45. The first kappa shape index (κ1) is 25.0. The Morgan fingerprint density at radius 1 is 1.05 bits per heavy atom. The molecule has 0 aromatic heterocycles. The van der Waals surface area contributed by atoms with E-state index in [0.717, 1.165) is 22.5 Å².